The molecule has 2 spiro atoms. The number of carbonyl (C=O) groups is 3. The Labute approximate surface area is 224 Å². The highest BCUT2D eigenvalue weighted by atomic mass is 16.7. The minimum atomic E-state index is -2.33. The van der Waals surface area contributed by atoms with Crippen LogP contribution in [0.5, 0.6) is 0 Å². The van der Waals surface area contributed by atoms with Crippen LogP contribution in [0, 0.1) is 28.1 Å². The number of ether oxygens (including phenoxy) is 4. The standard InChI is InChI=1S/C28H34O11/c1-14(29)37-21-22(2,3)17-9-18(30)36-13-24(17)16-5-7-23(4)20(15-6-8-35-11-15)38-19(31)10-27(23,33)26(16)12-25(21,32)28(24,34)39-26/h6,8,11,16-17,20-21,32-34H,5,7,9-10,12-13H2,1-4H3/t16?,17-,20-,21?,23?,24+,25+,26+,27?,28?/m0/s1. The number of rotatable bonds is 2. The molecule has 0 aromatic carbocycles. The Morgan fingerprint density at radius 3 is 2.51 bits per heavy atom. The zero-order valence-electron chi connectivity index (χ0n) is 22.4. The minimum absolute atomic E-state index is 0.0888. The van der Waals surface area contributed by atoms with E-state index in [4.69, 9.17) is 23.4 Å². The van der Waals surface area contributed by atoms with Crippen LogP contribution < -0.4 is 0 Å². The van der Waals surface area contributed by atoms with Crippen LogP contribution in [-0.4, -0.2) is 68.5 Å². The molecule has 1 aromatic heterocycles. The fourth-order valence-corrected chi connectivity index (χ4v) is 10.3. The van der Waals surface area contributed by atoms with Gasteiger partial charge in [-0.3, -0.25) is 14.4 Å². The van der Waals surface area contributed by atoms with Gasteiger partial charge in [-0.15, -0.1) is 0 Å². The SMILES string of the molecule is CC(=O)OC1C(C)(C)[C@@H]2CC(=O)OC[C@@]23C2CCC4(C)[C@H](c5ccoc5)OC(=O)CC4(O)[C@@]24C[C@]1(O)C3(O)O4. The maximum Gasteiger partial charge on any atom is 0.309 e. The molecule has 11 heteroatoms. The summed E-state index contributed by atoms with van der Waals surface area (Å²) in [5.41, 5.74) is -8.52. The molecular formula is C28H34O11. The van der Waals surface area contributed by atoms with E-state index in [-0.39, 0.29) is 19.4 Å². The van der Waals surface area contributed by atoms with E-state index in [1.807, 2.05) is 20.8 Å². The van der Waals surface area contributed by atoms with Crippen LogP contribution >= 0.6 is 0 Å². The minimum Gasteiger partial charge on any atom is -0.472 e. The Balaban J connectivity index is 1.47. The van der Waals surface area contributed by atoms with Crippen LogP contribution in [0.1, 0.15) is 71.5 Å². The Morgan fingerprint density at radius 2 is 1.85 bits per heavy atom. The molecule has 0 amide bonds. The first-order valence-corrected chi connectivity index (χ1v) is 13.5. The number of esters is 3. The van der Waals surface area contributed by atoms with Crippen molar-refractivity contribution in [3.05, 3.63) is 24.2 Å². The molecule has 6 fully saturated rings. The highest BCUT2D eigenvalue weighted by Gasteiger charge is 2.96. The summed E-state index contributed by atoms with van der Waals surface area (Å²) < 4.78 is 29.0. The van der Waals surface area contributed by atoms with Gasteiger partial charge in [0.05, 0.1) is 24.4 Å². The largest absolute Gasteiger partial charge is 0.472 e. The van der Waals surface area contributed by atoms with Gasteiger partial charge in [0, 0.05) is 42.1 Å². The Hall–Kier alpha value is -2.47. The smallest absolute Gasteiger partial charge is 0.309 e. The van der Waals surface area contributed by atoms with Crippen molar-refractivity contribution in [3.63, 3.8) is 0 Å². The molecule has 0 radical (unpaired) electrons. The van der Waals surface area contributed by atoms with Gasteiger partial charge >= 0.3 is 17.9 Å². The van der Waals surface area contributed by atoms with Gasteiger partial charge in [-0.25, -0.2) is 0 Å². The summed E-state index contributed by atoms with van der Waals surface area (Å²) in [7, 11) is 0. The van der Waals surface area contributed by atoms with Crippen molar-refractivity contribution in [1.82, 2.24) is 0 Å². The van der Waals surface area contributed by atoms with Crippen LogP contribution in [0.15, 0.2) is 23.0 Å². The zero-order chi connectivity index (χ0) is 28.0. The predicted molar refractivity (Wildman–Crippen MR) is 127 cm³/mol. The van der Waals surface area contributed by atoms with Gasteiger partial charge in [0.2, 0.25) is 5.79 Å². The van der Waals surface area contributed by atoms with Crippen molar-refractivity contribution in [2.75, 3.05) is 6.61 Å². The summed E-state index contributed by atoms with van der Waals surface area (Å²) in [4.78, 5) is 38.1. The molecular weight excluding hydrogens is 512 g/mol. The zero-order valence-corrected chi connectivity index (χ0v) is 22.4. The molecule has 5 heterocycles. The van der Waals surface area contributed by atoms with Gasteiger partial charge in [0.15, 0.2) is 5.60 Å². The maximum absolute atomic E-state index is 13.1. The average Bonchev–Trinajstić information content (AvgIpc) is 3.51. The summed E-state index contributed by atoms with van der Waals surface area (Å²) >= 11 is 0. The van der Waals surface area contributed by atoms with Gasteiger partial charge in [0.25, 0.3) is 0 Å². The molecule has 2 bridgehead atoms. The van der Waals surface area contributed by atoms with Gasteiger partial charge in [0.1, 0.15) is 30.0 Å². The summed E-state index contributed by atoms with van der Waals surface area (Å²) in [5.74, 6) is -5.33. The lowest BCUT2D eigenvalue weighted by Crippen LogP contribution is -2.84. The van der Waals surface area contributed by atoms with Crippen LogP contribution in [0.3, 0.4) is 0 Å². The first-order valence-electron chi connectivity index (χ1n) is 13.5. The summed E-state index contributed by atoms with van der Waals surface area (Å²) in [6, 6.07) is 1.68. The number of hydrogen-bond donors (Lipinski definition) is 3. The second kappa shape index (κ2) is 7.05. The highest BCUT2D eigenvalue weighted by molar-refractivity contribution is 5.74. The lowest BCUT2D eigenvalue weighted by Gasteiger charge is -2.71. The molecule has 4 aliphatic heterocycles. The van der Waals surface area contributed by atoms with Crippen molar-refractivity contribution >= 4 is 17.9 Å². The molecule has 212 valence electrons. The van der Waals surface area contributed by atoms with Crippen LogP contribution in [-0.2, 0) is 33.3 Å². The van der Waals surface area contributed by atoms with Crippen LogP contribution in [0.4, 0.5) is 0 Å². The van der Waals surface area contributed by atoms with E-state index in [9.17, 15) is 29.7 Å². The Bertz CT molecular complexity index is 1290. The molecule has 2 aliphatic carbocycles. The number of furan rings is 1. The monoisotopic (exact) mass is 546 g/mol. The number of cyclic esters (lactones) is 2. The molecule has 3 N–H and O–H groups in total. The normalized spacial score (nSPS) is 52.7. The van der Waals surface area contributed by atoms with Gasteiger partial charge < -0.3 is 38.7 Å². The van der Waals surface area contributed by atoms with Crippen molar-refractivity contribution in [2.45, 2.75) is 94.6 Å². The predicted octanol–water partition coefficient (Wildman–Crippen LogP) is 1.53. The Kier molecular flexibility index (Phi) is 4.61. The highest BCUT2D eigenvalue weighted by Crippen LogP contribution is 2.83. The molecule has 2 saturated carbocycles. The van der Waals surface area contributed by atoms with Crippen molar-refractivity contribution < 1.29 is 53.1 Å². The number of aliphatic hydroxyl groups is 3. The van der Waals surface area contributed by atoms with E-state index in [1.54, 1.807) is 6.07 Å². The molecule has 1 aromatic rings. The van der Waals surface area contributed by atoms with Gasteiger partial charge in [-0.2, -0.15) is 0 Å². The lowest BCUT2D eigenvalue weighted by molar-refractivity contribution is -0.388. The topological polar surface area (TPSA) is 162 Å². The lowest BCUT2D eigenvalue weighted by atomic mass is 9.34. The van der Waals surface area contributed by atoms with E-state index in [1.165, 1.54) is 19.5 Å². The van der Waals surface area contributed by atoms with Crippen molar-refractivity contribution in [1.29, 1.82) is 0 Å². The number of hydrogen-bond acceptors (Lipinski definition) is 11. The summed E-state index contributed by atoms with van der Waals surface area (Å²) in [5, 5.41) is 38.0. The number of fused-ring (bicyclic) bond motifs is 1. The first-order chi connectivity index (χ1) is 18.1. The quantitative estimate of drug-likeness (QED) is 0.364. The third kappa shape index (κ3) is 2.46. The maximum atomic E-state index is 13.1. The molecule has 6 aliphatic rings. The second-order valence-corrected chi connectivity index (χ2v) is 13.5. The number of carbonyl (C=O) groups excluding carboxylic acids is 3. The van der Waals surface area contributed by atoms with E-state index in [0.717, 1.165) is 0 Å². The Morgan fingerprint density at radius 1 is 1.10 bits per heavy atom. The molecule has 10 atom stereocenters. The molecule has 11 nitrogen and oxygen atoms in total. The fourth-order valence-electron chi connectivity index (χ4n) is 10.3. The molecule has 4 saturated heterocycles. The van der Waals surface area contributed by atoms with E-state index in [0.29, 0.717) is 18.4 Å². The van der Waals surface area contributed by atoms with E-state index < -0.39 is 87.2 Å². The molecule has 39 heavy (non-hydrogen) atoms. The first kappa shape index (κ1) is 25.5. The van der Waals surface area contributed by atoms with Crippen LogP contribution in [0.2, 0.25) is 0 Å². The average molecular weight is 547 g/mol. The third-order valence-electron chi connectivity index (χ3n) is 11.7. The molecule has 5 unspecified atom stereocenters. The summed E-state index contributed by atoms with van der Waals surface area (Å²) in [6.45, 7) is 6.43. The molecule has 7 rings (SSSR count). The van der Waals surface area contributed by atoms with Gasteiger partial charge in [-0.05, 0) is 24.8 Å². The van der Waals surface area contributed by atoms with Crippen LogP contribution in [0.25, 0.3) is 0 Å². The fraction of sp³-hybridized carbons (Fsp3) is 0.750. The van der Waals surface area contributed by atoms with E-state index in [2.05, 4.69) is 0 Å². The second-order valence-electron chi connectivity index (χ2n) is 13.5. The van der Waals surface area contributed by atoms with Crippen molar-refractivity contribution in [2.24, 2.45) is 28.1 Å². The van der Waals surface area contributed by atoms with Gasteiger partial charge in [-0.1, -0.05) is 20.8 Å². The van der Waals surface area contributed by atoms with E-state index >= 15 is 0 Å². The third-order valence-corrected chi connectivity index (χ3v) is 11.7. The summed E-state index contributed by atoms with van der Waals surface area (Å²) in [6.07, 6.45) is 0.814. The van der Waals surface area contributed by atoms with Crippen molar-refractivity contribution in [3.8, 4) is 0 Å².